The maximum Gasteiger partial charge on any atom is 0.0758 e. The van der Waals surface area contributed by atoms with Crippen LogP contribution in [-0.2, 0) is 0 Å². The Balaban J connectivity index is 2.36. The van der Waals surface area contributed by atoms with Gasteiger partial charge < -0.3 is 5.73 Å². The van der Waals surface area contributed by atoms with Gasteiger partial charge in [0.05, 0.1) is 17.4 Å². The van der Waals surface area contributed by atoms with Crippen LogP contribution in [0.15, 0.2) is 36.7 Å². The van der Waals surface area contributed by atoms with Gasteiger partial charge >= 0.3 is 0 Å². The number of hydrogen-bond donors (Lipinski definition) is 1. The average Bonchev–Trinajstić information content (AvgIpc) is 2.75. The molecule has 2 N–H and O–H groups in total. The number of anilines is 1. The lowest BCUT2D eigenvalue weighted by molar-refractivity contribution is 0.884. The molecular weight excluding hydrogens is 224 g/mol. The van der Waals surface area contributed by atoms with Gasteiger partial charge in [0.25, 0.3) is 0 Å². The third-order valence-corrected chi connectivity index (χ3v) is 2.90. The Bertz CT molecular complexity index is 728. The Labute approximate surface area is 105 Å². The highest BCUT2D eigenvalue weighted by Gasteiger charge is 2.07. The molecular formula is C14H14N4. The summed E-state index contributed by atoms with van der Waals surface area (Å²) in [5.41, 5.74) is 10.6. The molecule has 2 heterocycles. The summed E-state index contributed by atoms with van der Waals surface area (Å²) < 4.78 is 1.87. The third kappa shape index (κ3) is 1.72. The molecule has 3 aromatic rings. The van der Waals surface area contributed by atoms with Gasteiger partial charge in [-0.05, 0) is 43.7 Å². The molecule has 0 atom stereocenters. The summed E-state index contributed by atoms with van der Waals surface area (Å²) in [6, 6.07) is 7.77. The van der Waals surface area contributed by atoms with Crippen LogP contribution in [0.25, 0.3) is 16.6 Å². The first-order valence-electron chi connectivity index (χ1n) is 5.82. The van der Waals surface area contributed by atoms with Crippen molar-refractivity contribution >= 4 is 16.6 Å². The highest BCUT2D eigenvalue weighted by Crippen LogP contribution is 2.24. The van der Waals surface area contributed by atoms with Crippen molar-refractivity contribution in [1.29, 1.82) is 0 Å². The lowest BCUT2D eigenvalue weighted by Crippen LogP contribution is -1.99. The third-order valence-electron chi connectivity index (χ3n) is 2.90. The maximum atomic E-state index is 5.86. The zero-order valence-electron chi connectivity index (χ0n) is 10.4. The fourth-order valence-corrected chi connectivity index (χ4v) is 2.09. The van der Waals surface area contributed by atoms with Crippen molar-refractivity contribution in [3.05, 3.63) is 47.9 Å². The van der Waals surface area contributed by atoms with E-state index < -0.39 is 0 Å². The molecule has 90 valence electrons. The summed E-state index contributed by atoms with van der Waals surface area (Å²) in [6.07, 6.45) is 3.84. The average molecular weight is 238 g/mol. The summed E-state index contributed by atoms with van der Waals surface area (Å²) in [5, 5.41) is 5.37. The molecule has 3 rings (SSSR count). The molecule has 0 spiro atoms. The van der Waals surface area contributed by atoms with Gasteiger partial charge in [-0.2, -0.15) is 5.10 Å². The zero-order valence-corrected chi connectivity index (χ0v) is 10.4. The van der Waals surface area contributed by atoms with E-state index in [1.54, 1.807) is 0 Å². The Morgan fingerprint density at radius 3 is 2.72 bits per heavy atom. The molecule has 0 amide bonds. The molecule has 0 saturated heterocycles. The van der Waals surface area contributed by atoms with Gasteiger partial charge in [-0.3, -0.25) is 4.98 Å². The number of fused-ring (bicyclic) bond motifs is 1. The van der Waals surface area contributed by atoms with E-state index in [4.69, 9.17) is 5.73 Å². The Morgan fingerprint density at radius 2 is 2.00 bits per heavy atom. The van der Waals surface area contributed by atoms with Gasteiger partial charge in [-0.25, -0.2) is 4.68 Å². The summed E-state index contributed by atoms with van der Waals surface area (Å²) in [6.45, 7) is 4.00. The Kier molecular flexibility index (Phi) is 2.30. The second-order valence-electron chi connectivity index (χ2n) is 4.52. The van der Waals surface area contributed by atoms with Gasteiger partial charge in [0.15, 0.2) is 0 Å². The van der Waals surface area contributed by atoms with Crippen molar-refractivity contribution in [3.63, 3.8) is 0 Å². The van der Waals surface area contributed by atoms with E-state index in [-0.39, 0.29) is 0 Å². The van der Waals surface area contributed by atoms with Gasteiger partial charge in [-0.1, -0.05) is 0 Å². The van der Waals surface area contributed by atoms with Crippen LogP contribution in [0.5, 0.6) is 0 Å². The van der Waals surface area contributed by atoms with E-state index in [1.807, 2.05) is 55.2 Å². The SMILES string of the molecule is Cc1cnn(-c2cc(C)nc3ccc(N)cc23)c1. The molecule has 18 heavy (non-hydrogen) atoms. The highest BCUT2D eigenvalue weighted by molar-refractivity contribution is 5.89. The Hall–Kier alpha value is -2.36. The van der Waals surface area contributed by atoms with Crippen LogP contribution in [0.1, 0.15) is 11.3 Å². The van der Waals surface area contributed by atoms with E-state index in [0.717, 1.165) is 33.5 Å². The first kappa shape index (κ1) is 10.8. The molecule has 0 bridgehead atoms. The maximum absolute atomic E-state index is 5.86. The number of aromatic nitrogens is 3. The van der Waals surface area contributed by atoms with Crippen molar-refractivity contribution in [2.24, 2.45) is 0 Å². The normalized spacial score (nSPS) is 11.0. The first-order chi connectivity index (χ1) is 8.63. The van der Waals surface area contributed by atoms with Crippen LogP contribution in [0.2, 0.25) is 0 Å². The number of nitrogen functional groups attached to an aromatic ring is 1. The predicted molar refractivity (Wildman–Crippen MR) is 72.8 cm³/mol. The number of rotatable bonds is 1. The Morgan fingerprint density at radius 1 is 1.17 bits per heavy atom. The zero-order chi connectivity index (χ0) is 12.7. The molecule has 0 unspecified atom stereocenters. The van der Waals surface area contributed by atoms with Crippen LogP contribution < -0.4 is 5.73 Å². The number of pyridine rings is 1. The summed E-state index contributed by atoms with van der Waals surface area (Å²) in [7, 11) is 0. The number of nitrogens with two attached hydrogens (primary N) is 1. The minimum atomic E-state index is 0.735. The first-order valence-corrected chi connectivity index (χ1v) is 5.82. The van der Waals surface area contributed by atoms with E-state index in [2.05, 4.69) is 10.1 Å². The van der Waals surface area contributed by atoms with Crippen molar-refractivity contribution in [2.45, 2.75) is 13.8 Å². The molecule has 0 fully saturated rings. The lowest BCUT2D eigenvalue weighted by Gasteiger charge is -2.08. The summed E-state index contributed by atoms with van der Waals surface area (Å²) in [4.78, 5) is 4.51. The minimum Gasteiger partial charge on any atom is -0.399 e. The van der Waals surface area contributed by atoms with Gasteiger partial charge in [-0.15, -0.1) is 0 Å². The predicted octanol–water partition coefficient (Wildman–Crippen LogP) is 2.62. The number of benzene rings is 1. The highest BCUT2D eigenvalue weighted by atomic mass is 15.3. The van der Waals surface area contributed by atoms with Crippen LogP contribution in [0.4, 0.5) is 5.69 Å². The van der Waals surface area contributed by atoms with Gasteiger partial charge in [0, 0.05) is 23.0 Å². The van der Waals surface area contributed by atoms with Crippen LogP contribution in [-0.4, -0.2) is 14.8 Å². The molecule has 4 nitrogen and oxygen atoms in total. The molecule has 0 aliphatic heterocycles. The summed E-state index contributed by atoms with van der Waals surface area (Å²) >= 11 is 0. The lowest BCUT2D eigenvalue weighted by atomic mass is 10.1. The van der Waals surface area contributed by atoms with E-state index >= 15 is 0 Å². The fraction of sp³-hybridized carbons (Fsp3) is 0.143. The topological polar surface area (TPSA) is 56.7 Å². The molecule has 0 aliphatic carbocycles. The van der Waals surface area contributed by atoms with Crippen molar-refractivity contribution in [2.75, 3.05) is 5.73 Å². The van der Waals surface area contributed by atoms with Crippen LogP contribution in [0, 0.1) is 13.8 Å². The second-order valence-corrected chi connectivity index (χ2v) is 4.52. The van der Waals surface area contributed by atoms with Gasteiger partial charge in [0.2, 0.25) is 0 Å². The van der Waals surface area contributed by atoms with Crippen molar-refractivity contribution < 1.29 is 0 Å². The summed E-state index contributed by atoms with van der Waals surface area (Å²) in [5.74, 6) is 0. The molecule has 0 saturated carbocycles. The quantitative estimate of drug-likeness (QED) is 0.663. The number of nitrogens with zero attached hydrogens (tertiary/aromatic N) is 3. The largest absolute Gasteiger partial charge is 0.399 e. The molecule has 0 aliphatic rings. The van der Waals surface area contributed by atoms with Gasteiger partial charge in [0.1, 0.15) is 0 Å². The minimum absolute atomic E-state index is 0.735. The number of aryl methyl sites for hydroxylation is 2. The van der Waals surface area contributed by atoms with Crippen LogP contribution >= 0.6 is 0 Å². The van der Waals surface area contributed by atoms with E-state index in [1.165, 1.54) is 0 Å². The smallest absolute Gasteiger partial charge is 0.0758 e. The van der Waals surface area contributed by atoms with Crippen LogP contribution in [0.3, 0.4) is 0 Å². The monoisotopic (exact) mass is 238 g/mol. The van der Waals surface area contributed by atoms with Crippen molar-refractivity contribution in [1.82, 2.24) is 14.8 Å². The van der Waals surface area contributed by atoms with E-state index in [0.29, 0.717) is 0 Å². The van der Waals surface area contributed by atoms with E-state index in [9.17, 15) is 0 Å². The fourth-order valence-electron chi connectivity index (χ4n) is 2.09. The molecule has 4 heteroatoms. The number of hydrogen-bond acceptors (Lipinski definition) is 3. The molecule has 2 aromatic heterocycles. The standard InChI is InChI=1S/C14H14N4/c1-9-7-16-18(8-9)14-5-10(2)17-13-4-3-11(15)6-12(13)14/h3-8H,15H2,1-2H3. The molecule has 0 radical (unpaired) electrons. The van der Waals surface area contributed by atoms with Crippen molar-refractivity contribution in [3.8, 4) is 5.69 Å². The molecule has 1 aromatic carbocycles. The second kappa shape index (κ2) is 3.84.